The number of nitrogens with one attached hydrogen (secondary N) is 1. The minimum absolute atomic E-state index is 0.0491. The lowest BCUT2D eigenvalue weighted by atomic mass is 9.86. The molecule has 0 fully saturated rings. The van der Waals surface area contributed by atoms with E-state index in [2.05, 4.69) is 10.3 Å². The molecule has 3 aromatic rings. The number of fused-ring (bicyclic) bond motifs is 2. The van der Waals surface area contributed by atoms with E-state index in [1.165, 1.54) is 25.3 Å². The van der Waals surface area contributed by atoms with Crippen molar-refractivity contribution in [3.8, 4) is 11.1 Å². The molecule has 0 aliphatic carbocycles. The van der Waals surface area contributed by atoms with Gasteiger partial charge >= 0.3 is 0 Å². The molecular weight excluding hydrogens is 512 g/mol. The fourth-order valence-electron chi connectivity index (χ4n) is 4.78. The van der Waals surface area contributed by atoms with E-state index in [0.29, 0.717) is 36.6 Å². The fraction of sp³-hybridized carbons (Fsp3) is 0.276. The molecule has 1 aromatic heterocycles. The maximum Gasteiger partial charge on any atom is 0.241 e. The summed E-state index contributed by atoms with van der Waals surface area (Å²) >= 11 is 0. The summed E-state index contributed by atoms with van der Waals surface area (Å²) in [5.74, 6) is -4.64. The van der Waals surface area contributed by atoms with E-state index in [4.69, 9.17) is 5.73 Å². The van der Waals surface area contributed by atoms with Gasteiger partial charge in [0.25, 0.3) is 0 Å². The van der Waals surface area contributed by atoms with Gasteiger partial charge < -0.3 is 11.1 Å². The zero-order valence-electron chi connectivity index (χ0n) is 21.5. The highest BCUT2D eigenvalue weighted by molar-refractivity contribution is 6.14. The first-order chi connectivity index (χ1) is 18.6. The first-order valence-electron chi connectivity index (χ1n) is 12.5. The predicted octanol–water partition coefficient (Wildman–Crippen LogP) is 5.27. The number of carbonyl (C=O) groups excluding carboxylic acids is 1. The Kier molecular flexibility index (Phi) is 8.32. The standard InChI is InChI=1S/C29H28F4N4O2/c1-16-5-3-8-21(25-12-9-20(15-37(25)39)26-22(31)10-11-23(32)27(26)33)18-6-4-7-19(13-18)28(35-17(2)30)24(14-34)36-29(16)38/h4,6-7,9-17,21H,3,5,8H2,1-2H3,(H3-,34,35,36,38,39)/p+1. The number of nitrogens with zero attached hydrogens (tertiary/aromatic N) is 2. The number of rotatable bonds is 3. The van der Waals surface area contributed by atoms with E-state index in [-0.39, 0.29) is 22.9 Å². The van der Waals surface area contributed by atoms with Crippen LogP contribution in [0.5, 0.6) is 0 Å². The molecule has 10 heteroatoms. The average Bonchev–Trinajstić information content (AvgIpc) is 2.90. The van der Waals surface area contributed by atoms with E-state index >= 15 is 0 Å². The largest absolute Gasteiger partial charge is 0.403 e. The Bertz CT molecular complexity index is 1460. The number of hydrogen-bond donors (Lipinski definition) is 3. The third kappa shape index (κ3) is 5.94. The van der Waals surface area contributed by atoms with Gasteiger partial charge in [0.05, 0.1) is 28.5 Å². The maximum absolute atomic E-state index is 14.4. The Morgan fingerprint density at radius 2 is 1.85 bits per heavy atom. The zero-order valence-corrected chi connectivity index (χ0v) is 21.5. The molecule has 2 bridgehead atoms. The van der Waals surface area contributed by atoms with E-state index in [1.54, 1.807) is 25.1 Å². The van der Waals surface area contributed by atoms with Gasteiger partial charge in [0.15, 0.2) is 17.9 Å². The van der Waals surface area contributed by atoms with Crippen molar-refractivity contribution in [1.29, 1.82) is 0 Å². The molecule has 3 unspecified atom stereocenters. The van der Waals surface area contributed by atoms with Crippen molar-refractivity contribution in [3.05, 3.63) is 101 Å². The second kappa shape index (κ2) is 11.7. The van der Waals surface area contributed by atoms with Crippen LogP contribution in [0.25, 0.3) is 11.1 Å². The number of halogens is 4. The van der Waals surface area contributed by atoms with Crippen molar-refractivity contribution in [1.82, 2.24) is 5.32 Å². The number of alkyl halides is 1. The van der Waals surface area contributed by atoms with Crippen LogP contribution >= 0.6 is 0 Å². The number of pyridine rings is 1. The van der Waals surface area contributed by atoms with Crippen molar-refractivity contribution < 1.29 is 32.3 Å². The molecule has 2 aromatic carbocycles. The van der Waals surface area contributed by atoms with Gasteiger partial charge in [-0.3, -0.25) is 10.0 Å². The van der Waals surface area contributed by atoms with Crippen molar-refractivity contribution >= 4 is 11.6 Å². The summed E-state index contributed by atoms with van der Waals surface area (Å²) in [7, 11) is 0. The molecule has 0 spiro atoms. The van der Waals surface area contributed by atoms with Gasteiger partial charge in [-0.25, -0.2) is 22.6 Å². The number of hydrogen-bond acceptors (Lipinski definition) is 4. The highest BCUT2D eigenvalue weighted by Crippen LogP contribution is 2.33. The highest BCUT2D eigenvalue weighted by Gasteiger charge is 2.29. The molecule has 2 heterocycles. The molecule has 0 radical (unpaired) electrons. The van der Waals surface area contributed by atoms with E-state index in [9.17, 15) is 27.6 Å². The van der Waals surface area contributed by atoms with Gasteiger partial charge in [0, 0.05) is 28.5 Å². The Balaban J connectivity index is 1.84. The summed E-state index contributed by atoms with van der Waals surface area (Å²) in [6, 6.07) is 11.5. The molecule has 6 nitrogen and oxygen atoms in total. The summed E-state index contributed by atoms with van der Waals surface area (Å²) in [5.41, 5.74) is 7.14. The van der Waals surface area contributed by atoms with Crippen LogP contribution in [0.1, 0.15) is 55.8 Å². The molecule has 39 heavy (non-hydrogen) atoms. The minimum Gasteiger partial charge on any atom is -0.403 e. The van der Waals surface area contributed by atoms with Crippen molar-refractivity contribution in [2.24, 2.45) is 16.6 Å². The Hall–Kier alpha value is -4.21. The average molecular weight is 542 g/mol. The SMILES string of the molecule is CC(F)/N=C1/C(=C\N)NC(=O)C(C)CCCC(c2ccc(-c3c(F)ccc(F)c3F)c[n+]2O)c2cccc1c2. The molecule has 1 aliphatic heterocycles. The molecule has 0 saturated heterocycles. The van der Waals surface area contributed by atoms with Crippen molar-refractivity contribution in [3.63, 3.8) is 0 Å². The number of nitrogens with two attached hydrogens (primary N) is 1. The van der Waals surface area contributed by atoms with Gasteiger partial charge in [-0.2, -0.15) is 0 Å². The predicted molar refractivity (Wildman–Crippen MR) is 138 cm³/mol. The highest BCUT2D eigenvalue weighted by atomic mass is 19.2. The Morgan fingerprint density at radius 3 is 2.54 bits per heavy atom. The van der Waals surface area contributed by atoms with Crippen LogP contribution in [0, 0.1) is 23.4 Å². The second-order valence-corrected chi connectivity index (χ2v) is 9.54. The quantitative estimate of drug-likeness (QED) is 0.139. The molecule has 1 amide bonds. The van der Waals surface area contributed by atoms with Gasteiger partial charge in [-0.15, -0.1) is 0 Å². The summed E-state index contributed by atoms with van der Waals surface area (Å²) in [5, 5.41) is 13.7. The van der Waals surface area contributed by atoms with Gasteiger partial charge in [-0.05, 0) is 49.6 Å². The van der Waals surface area contributed by atoms with Gasteiger partial charge in [0.2, 0.25) is 17.8 Å². The molecule has 4 rings (SSSR count). The normalized spacial score (nSPS) is 21.2. The van der Waals surface area contributed by atoms with Crippen LogP contribution in [-0.4, -0.2) is 23.1 Å². The summed E-state index contributed by atoms with van der Waals surface area (Å²) in [4.78, 5) is 16.9. The Labute approximate surface area is 223 Å². The van der Waals surface area contributed by atoms with E-state index in [0.717, 1.165) is 22.6 Å². The molecule has 1 aliphatic rings. The van der Waals surface area contributed by atoms with E-state index < -0.39 is 41.1 Å². The van der Waals surface area contributed by atoms with Gasteiger partial charge in [0.1, 0.15) is 5.82 Å². The smallest absolute Gasteiger partial charge is 0.241 e. The minimum atomic E-state index is -1.58. The number of allylic oxidation sites excluding steroid dienone is 1. The first kappa shape index (κ1) is 27.8. The first-order valence-corrected chi connectivity index (χ1v) is 12.5. The summed E-state index contributed by atoms with van der Waals surface area (Å²) in [6.07, 6.45) is 2.34. The monoisotopic (exact) mass is 541 g/mol. The van der Waals surface area contributed by atoms with E-state index in [1.807, 2.05) is 6.07 Å². The van der Waals surface area contributed by atoms with Crippen LogP contribution in [0.15, 0.2) is 71.6 Å². The third-order valence-corrected chi connectivity index (χ3v) is 6.78. The van der Waals surface area contributed by atoms with Crippen LogP contribution in [-0.2, 0) is 4.79 Å². The number of carbonyl (C=O) groups is 1. The number of aromatic nitrogens is 1. The van der Waals surface area contributed by atoms with Crippen molar-refractivity contribution in [2.75, 3.05) is 0 Å². The van der Waals surface area contributed by atoms with Crippen LogP contribution < -0.4 is 15.8 Å². The Morgan fingerprint density at radius 1 is 1.10 bits per heavy atom. The topological polar surface area (TPSA) is 91.6 Å². The third-order valence-electron chi connectivity index (χ3n) is 6.78. The van der Waals surface area contributed by atoms with Crippen LogP contribution in [0.2, 0.25) is 0 Å². The molecular formula is C29H29F4N4O2+. The molecule has 0 saturated carbocycles. The molecule has 3 atom stereocenters. The molecule has 4 N–H and O–H groups in total. The van der Waals surface area contributed by atoms with Crippen molar-refractivity contribution in [2.45, 2.75) is 45.3 Å². The number of amides is 1. The second-order valence-electron chi connectivity index (χ2n) is 9.54. The lowest BCUT2D eigenvalue weighted by Gasteiger charge is -2.21. The maximum atomic E-state index is 14.4. The number of benzene rings is 2. The molecule has 204 valence electrons. The summed E-state index contributed by atoms with van der Waals surface area (Å²) < 4.78 is 57.4. The lowest BCUT2D eigenvalue weighted by molar-refractivity contribution is -0.909. The summed E-state index contributed by atoms with van der Waals surface area (Å²) in [6.45, 7) is 3.02. The lowest BCUT2D eigenvalue weighted by Crippen LogP contribution is -2.37. The van der Waals surface area contributed by atoms with Crippen LogP contribution in [0.4, 0.5) is 17.6 Å². The fourth-order valence-corrected chi connectivity index (χ4v) is 4.78. The van der Waals surface area contributed by atoms with Crippen LogP contribution in [0.3, 0.4) is 0 Å². The zero-order chi connectivity index (χ0) is 28.3. The number of aliphatic imine (C=N–C) groups is 1. The van der Waals surface area contributed by atoms with Gasteiger partial charge in [-0.1, -0.05) is 31.5 Å².